The van der Waals surface area contributed by atoms with Gasteiger partial charge in [0.2, 0.25) is 0 Å². The van der Waals surface area contributed by atoms with E-state index in [1.54, 1.807) is 4.90 Å². The van der Waals surface area contributed by atoms with Gasteiger partial charge in [0, 0.05) is 23.7 Å². The number of amides is 1. The Morgan fingerprint density at radius 3 is 1.94 bits per heavy atom. The fourth-order valence-corrected chi connectivity index (χ4v) is 2.21. The summed E-state index contributed by atoms with van der Waals surface area (Å²) in [6, 6.07) is 0. The van der Waals surface area contributed by atoms with E-state index >= 15 is 0 Å². The fraction of sp³-hybridized carbons (Fsp3) is 0.733. The molecule has 0 N–H and O–H groups in total. The largest absolute Gasteiger partial charge is 0.336 e. The van der Waals surface area contributed by atoms with Crippen molar-refractivity contribution in [2.24, 2.45) is 15.8 Å². The van der Waals surface area contributed by atoms with Crippen LogP contribution in [0, 0.1) is 10.8 Å². The molecule has 3 nitrogen and oxygen atoms in total. The SMILES string of the molecule is CC1=NC(C(C)(C)C)=C(C(C)(C)C)C(=O)N(C)C1. The molecule has 0 saturated heterocycles. The first-order valence-corrected chi connectivity index (χ1v) is 6.49. The molecule has 18 heavy (non-hydrogen) atoms. The van der Waals surface area contributed by atoms with E-state index in [1.807, 2.05) is 14.0 Å². The minimum atomic E-state index is -0.192. The number of hydrogen-bond donors (Lipinski definition) is 0. The summed E-state index contributed by atoms with van der Waals surface area (Å²) in [5, 5.41) is 0. The van der Waals surface area contributed by atoms with Gasteiger partial charge in [-0.1, -0.05) is 41.5 Å². The second-order valence-corrected chi connectivity index (χ2v) is 7.23. The number of likely N-dealkylation sites (N-methyl/N-ethyl adjacent to an activating group) is 1. The van der Waals surface area contributed by atoms with Crippen LogP contribution in [0.15, 0.2) is 16.3 Å². The van der Waals surface area contributed by atoms with Crippen LogP contribution in [0.2, 0.25) is 0 Å². The molecular weight excluding hydrogens is 224 g/mol. The van der Waals surface area contributed by atoms with Crippen LogP contribution in [0.3, 0.4) is 0 Å². The zero-order valence-electron chi connectivity index (χ0n) is 13.0. The molecule has 0 bridgehead atoms. The molecule has 0 atom stereocenters. The molecule has 0 aromatic carbocycles. The van der Waals surface area contributed by atoms with Gasteiger partial charge in [0.1, 0.15) is 0 Å². The van der Waals surface area contributed by atoms with Crippen LogP contribution in [0.4, 0.5) is 0 Å². The quantitative estimate of drug-likeness (QED) is 0.649. The summed E-state index contributed by atoms with van der Waals surface area (Å²) in [5.74, 6) is 0.105. The van der Waals surface area contributed by atoms with E-state index in [0.717, 1.165) is 17.0 Å². The van der Waals surface area contributed by atoms with Crippen molar-refractivity contribution in [2.45, 2.75) is 48.5 Å². The lowest BCUT2D eigenvalue weighted by Gasteiger charge is -2.30. The normalized spacial score (nSPS) is 19.0. The lowest BCUT2D eigenvalue weighted by atomic mass is 9.78. The van der Waals surface area contributed by atoms with E-state index in [2.05, 4.69) is 41.5 Å². The maximum Gasteiger partial charge on any atom is 0.252 e. The Balaban J connectivity index is 3.58. The highest BCUT2D eigenvalue weighted by Crippen LogP contribution is 2.39. The molecule has 1 amide bonds. The minimum Gasteiger partial charge on any atom is -0.336 e. The third kappa shape index (κ3) is 3.01. The smallest absolute Gasteiger partial charge is 0.252 e. The monoisotopic (exact) mass is 250 g/mol. The molecule has 0 aromatic heterocycles. The number of hydrogen-bond acceptors (Lipinski definition) is 2. The summed E-state index contributed by atoms with van der Waals surface area (Å²) in [7, 11) is 1.85. The highest BCUT2D eigenvalue weighted by molar-refractivity contribution is 6.00. The molecule has 0 fully saturated rings. The molecule has 0 aromatic rings. The van der Waals surface area contributed by atoms with Crippen molar-refractivity contribution in [1.29, 1.82) is 0 Å². The van der Waals surface area contributed by atoms with Crippen molar-refractivity contribution in [3.8, 4) is 0 Å². The Morgan fingerprint density at radius 1 is 1.06 bits per heavy atom. The Labute approximate surface area is 111 Å². The van der Waals surface area contributed by atoms with E-state index in [4.69, 9.17) is 4.99 Å². The zero-order valence-corrected chi connectivity index (χ0v) is 13.0. The number of rotatable bonds is 0. The van der Waals surface area contributed by atoms with Gasteiger partial charge in [-0.15, -0.1) is 0 Å². The average molecular weight is 250 g/mol. The summed E-state index contributed by atoms with van der Waals surface area (Å²) >= 11 is 0. The third-order valence-electron chi connectivity index (χ3n) is 3.03. The molecule has 0 saturated carbocycles. The van der Waals surface area contributed by atoms with E-state index in [1.165, 1.54) is 0 Å². The molecule has 0 unspecified atom stereocenters. The molecule has 3 heteroatoms. The molecule has 0 radical (unpaired) electrons. The fourth-order valence-electron chi connectivity index (χ4n) is 2.21. The van der Waals surface area contributed by atoms with Crippen molar-refractivity contribution < 1.29 is 4.79 Å². The topological polar surface area (TPSA) is 32.7 Å². The Morgan fingerprint density at radius 2 is 1.56 bits per heavy atom. The first-order chi connectivity index (χ1) is 7.94. The Hall–Kier alpha value is -1.12. The lowest BCUT2D eigenvalue weighted by Crippen LogP contribution is -2.35. The van der Waals surface area contributed by atoms with Gasteiger partial charge in [-0.2, -0.15) is 0 Å². The number of carbonyl (C=O) groups excluding carboxylic acids is 1. The number of carbonyl (C=O) groups is 1. The van der Waals surface area contributed by atoms with Crippen LogP contribution in [-0.2, 0) is 4.79 Å². The van der Waals surface area contributed by atoms with Crippen LogP contribution in [0.1, 0.15) is 48.5 Å². The maximum absolute atomic E-state index is 12.6. The highest BCUT2D eigenvalue weighted by atomic mass is 16.2. The van der Waals surface area contributed by atoms with Crippen molar-refractivity contribution in [3.63, 3.8) is 0 Å². The van der Waals surface area contributed by atoms with Crippen LogP contribution in [0.5, 0.6) is 0 Å². The van der Waals surface area contributed by atoms with Crippen molar-refractivity contribution in [1.82, 2.24) is 4.90 Å². The standard InChI is InChI=1S/C15H26N2O/c1-10-9-17(8)13(18)11(14(2,3)4)12(16-10)15(5,6)7/h9H2,1-8H3. The van der Waals surface area contributed by atoms with Gasteiger partial charge in [0.15, 0.2) is 0 Å². The number of allylic oxidation sites excluding steroid dienone is 1. The minimum absolute atomic E-state index is 0.105. The molecule has 1 aliphatic rings. The molecular formula is C15H26N2O. The van der Waals surface area contributed by atoms with Gasteiger partial charge in [0.25, 0.3) is 5.91 Å². The van der Waals surface area contributed by atoms with Crippen molar-refractivity contribution in [2.75, 3.05) is 13.6 Å². The van der Waals surface area contributed by atoms with Crippen LogP contribution >= 0.6 is 0 Å². The molecule has 1 rings (SSSR count). The molecule has 1 aliphatic heterocycles. The second-order valence-electron chi connectivity index (χ2n) is 7.23. The molecule has 102 valence electrons. The van der Waals surface area contributed by atoms with Gasteiger partial charge < -0.3 is 4.90 Å². The summed E-state index contributed by atoms with van der Waals surface area (Å²) in [4.78, 5) is 19.1. The number of aliphatic imine (C=N–C) groups is 1. The van der Waals surface area contributed by atoms with E-state index in [0.29, 0.717) is 6.54 Å². The predicted molar refractivity (Wildman–Crippen MR) is 76.7 cm³/mol. The van der Waals surface area contributed by atoms with Crippen molar-refractivity contribution in [3.05, 3.63) is 11.3 Å². The first kappa shape index (κ1) is 14.9. The molecule has 1 heterocycles. The summed E-state index contributed by atoms with van der Waals surface area (Å²) in [5.41, 5.74) is 2.46. The van der Waals surface area contributed by atoms with E-state index < -0.39 is 0 Å². The Kier molecular flexibility index (Phi) is 3.75. The summed E-state index contributed by atoms with van der Waals surface area (Å²) < 4.78 is 0. The third-order valence-corrected chi connectivity index (χ3v) is 3.03. The first-order valence-electron chi connectivity index (χ1n) is 6.49. The molecule has 0 aliphatic carbocycles. The van der Waals surface area contributed by atoms with Gasteiger partial charge >= 0.3 is 0 Å². The maximum atomic E-state index is 12.6. The molecule has 0 spiro atoms. The van der Waals surface area contributed by atoms with Crippen LogP contribution in [-0.4, -0.2) is 30.1 Å². The second kappa shape index (κ2) is 4.52. The highest BCUT2D eigenvalue weighted by Gasteiger charge is 2.35. The lowest BCUT2D eigenvalue weighted by molar-refractivity contribution is -0.126. The zero-order chi connectivity index (χ0) is 14.3. The number of nitrogens with zero attached hydrogens (tertiary/aromatic N) is 2. The average Bonchev–Trinajstić information content (AvgIpc) is 2.22. The van der Waals surface area contributed by atoms with E-state index in [-0.39, 0.29) is 16.7 Å². The van der Waals surface area contributed by atoms with Gasteiger partial charge in [-0.25, -0.2) is 0 Å². The van der Waals surface area contributed by atoms with Gasteiger partial charge in [-0.3, -0.25) is 9.79 Å². The summed E-state index contributed by atoms with van der Waals surface area (Å²) in [6.07, 6.45) is 0. The van der Waals surface area contributed by atoms with Crippen LogP contribution < -0.4 is 0 Å². The van der Waals surface area contributed by atoms with E-state index in [9.17, 15) is 4.79 Å². The Bertz CT molecular complexity index is 417. The summed E-state index contributed by atoms with van der Waals surface area (Å²) in [6.45, 7) is 15.2. The van der Waals surface area contributed by atoms with Crippen LogP contribution in [0.25, 0.3) is 0 Å². The predicted octanol–water partition coefficient (Wildman–Crippen LogP) is 3.27. The van der Waals surface area contributed by atoms with Crippen molar-refractivity contribution >= 4 is 11.6 Å². The van der Waals surface area contributed by atoms with Gasteiger partial charge in [-0.05, 0) is 12.3 Å². The van der Waals surface area contributed by atoms with Gasteiger partial charge in [0.05, 0.1) is 12.2 Å².